The van der Waals surface area contributed by atoms with Crippen LogP contribution < -0.4 is 5.73 Å². The zero-order valence-corrected chi connectivity index (χ0v) is 11.8. The topological polar surface area (TPSA) is 78.0 Å². The summed E-state index contributed by atoms with van der Waals surface area (Å²) in [6.45, 7) is 2.77. The Morgan fingerprint density at radius 1 is 1.37 bits per heavy atom. The van der Waals surface area contributed by atoms with Gasteiger partial charge in [-0.05, 0) is 24.6 Å². The summed E-state index contributed by atoms with van der Waals surface area (Å²) in [4.78, 5) is 0.281. The first-order valence-corrected chi connectivity index (χ1v) is 7.89. The molecule has 0 spiro atoms. The van der Waals surface area contributed by atoms with Gasteiger partial charge in [0, 0.05) is 24.6 Å². The molecule has 102 valence electrons. The van der Waals surface area contributed by atoms with Crippen molar-refractivity contribution in [2.75, 3.05) is 6.26 Å². The molecule has 1 aromatic carbocycles. The summed E-state index contributed by atoms with van der Waals surface area (Å²) in [5, 5.41) is 4.17. The Labute approximate surface area is 113 Å². The minimum Gasteiger partial charge on any atom is -0.320 e. The summed E-state index contributed by atoms with van der Waals surface area (Å²) in [5.74, 6) is 0. The largest absolute Gasteiger partial charge is 0.320 e. The second-order valence-electron chi connectivity index (χ2n) is 4.45. The molecule has 0 aliphatic carbocycles. The number of benzene rings is 1. The molecule has 6 heteroatoms. The van der Waals surface area contributed by atoms with Crippen LogP contribution >= 0.6 is 0 Å². The Morgan fingerprint density at radius 3 is 2.68 bits per heavy atom. The Hall–Kier alpha value is -1.66. The maximum Gasteiger partial charge on any atom is 0.175 e. The van der Waals surface area contributed by atoms with E-state index in [1.807, 2.05) is 19.2 Å². The van der Waals surface area contributed by atoms with Crippen LogP contribution in [-0.4, -0.2) is 24.5 Å². The molecule has 2 aromatic rings. The fourth-order valence-corrected chi connectivity index (χ4v) is 2.52. The number of hydrogen-bond acceptors (Lipinski definition) is 4. The van der Waals surface area contributed by atoms with Crippen LogP contribution in [0.2, 0.25) is 0 Å². The third-order valence-electron chi connectivity index (χ3n) is 2.98. The highest BCUT2D eigenvalue weighted by Gasteiger charge is 2.14. The van der Waals surface area contributed by atoms with Crippen molar-refractivity contribution in [1.29, 1.82) is 0 Å². The van der Waals surface area contributed by atoms with Crippen LogP contribution in [0.15, 0.2) is 41.6 Å². The van der Waals surface area contributed by atoms with E-state index in [0.29, 0.717) is 0 Å². The van der Waals surface area contributed by atoms with Crippen LogP contribution in [0.3, 0.4) is 0 Å². The number of nitrogens with two attached hydrogens (primary N) is 1. The smallest absolute Gasteiger partial charge is 0.175 e. The van der Waals surface area contributed by atoms with E-state index < -0.39 is 9.84 Å². The van der Waals surface area contributed by atoms with E-state index >= 15 is 0 Å². The van der Waals surface area contributed by atoms with E-state index in [4.69, 9.17) is 5.73 Å². The Bertz CT molecular complexity index is 677. The van der Waals surface area contributed by atoms with Crippen LogP contribution in [0, 0.1) is 0 Å². The molecule has 0 amide bonds. The Balaban J connectivity index is 2.36. The summed E-state index contributed by atoms with van der Waals surface area (Å²) in [6, 6.07) is 6.34. The second-order valence-corrected chi connectivity index (χ2v) is 6.47. The van der Waals surface area contributed by atoms with Crippen LogP contribution in [0.5, 0.6) is 0 Å². The number of nitrogens with zero attached hydrogens (tertiary/aromatic N) is 2. The molecule has 0 aliphatic heterocycles. The molecule has 1 aromatic heterocycles. The van der Waals surface area contributed by atoms with Crippen molar-refractivity contribution in [2.24, 2.45) is 5.73 Å². The third kappa shape index (κ3) is 3.02. The van der Waals surface area contributed by atoms with Crippen molar-refractivity contribution in [2.45, 2.75) is 24.4 Å². The van der Waals surface area contributed by atoms with Gasteiger partial charge in [0.05, 0.1) is 17.1 Å². The van der Waals surface area contributed by atoms with Crippen molar-refractivity contribution >= 4 is 9.84 Å². The van der Waals surface area contributed by atoms with Gasteiger partial charge in [0.15, 0.2) is 9.84 Å². The summed E-state index contributed by atoms with van der Waals surface area (Å²) in [6.07, 6.45) is 4.77. The van der Waals surface area contributed by atoms with Gasteiger partial charge in [-0.25, -0.2) is 8.42 Å². The van der Waals surface area contributed by atoms with Crippen molar-refractivity contribution in [1.82, 2.24) is 9.78 Å². The molecule has 0 saturated heterocycles. The lowest BCUT2D eigenvalue weighted by molar-refractivity contribution is 0.601. The molecule has 0 aliphatic rings. The monoisotopic (exact) mass is 279 g/mol. The highest BCUT2D eigenvalue weighted by Crippen LogP contribution is 2.21. The lowest BCUT2D eigenvalue weighted by atomic mass is 10.0. The van der Waals surface area contributed by atoms with Crippen molar-refractivity contribution in [3.63, 3.8) is 0 Å². The van der Waals surface area contributed by atoms with Crippen molar-refractivity contribution in [3.05, 3.63) is 47.8 Å². The van der Waals surface area contributed by atoms with Crippen LogP contribution in [-0.2, 0) is 16.4 Å². The van der Waals surface area contributed by atoms with Gasteiger partial charge in [0.1, 0.15) is 0 Å². The average Bonchev–Trinajstić information content (AvgIpc) is 2.86. The van der Waals surface area contributed by atoms with Gasteiger partial charge in [-0.3, -0.25) is 4.68 Å². The van der Waals surface area contributed by atoms with Gasteiger partial charge in [0.25, 0.3) is 0 Å². The third-order valence-corrected chi connectivity index (χ3v) is 4.09. The first-order chi connectivity index (χ1) is 8.91. The van der Waals surface area contributed by atoms with Crippen LogP contribution in [0.4, 0.5) is 0 Å². The maximum absolute atomic E-state index is 11.5. The first-order valence-electron chi connectivity index (χ1n) is 5.99. The molecule has 0 bridgehead atoms. The maximum atomic E-state index is 11.5. The molecule has 0 fully saturated rings. The van der Waals surface area contributed by atoms with E-state index in [1.54, 1.807) is 29.1 Å². The molecular formula is C13H17N3O2S. The van der Waals surface area contributed by atoms with E-state index in [1.165, 1.54) is 6.26 Å². The van der Waals surface area contributed by atoms with Gasteiger partial charge in [-0.15, -0.1) is 0 Å². The molecule has 2 rings (SSSR count). The number of sulfone groups is 1. The zero-order valence-electron chi connectivity index (χ0n) is 10.9. The average molecular weight is 279 g/mol. The van der Waals surface area contributed by atoms with E-state index in [9.17, 15) is 8.42 Å². The van der Waals surface area contributed by atoms with Gasteiger partial charge in [-0.1, -0.05) is 12.1 Å². The van der Waals surface area contributed by atoms with Crippen molar-refractivity contribution in [3.8, 4) is 0 Å². The Morgan fingerprint density at radius 2 is 2.11 bits per heavy atom. The molecule has 1 unspecified atom stereocenters. The predicted molar refractivity (Wildman–Crippen MR) is 73.5 cm³/mol. The molecule has 19 heavy (non-hydrogen) atoms. The lowest BCUT2D eigenvalue weighted by Crippen LogP contribution is -2.12. The molecule has 5 nitrogen and oxygen atoms in total. The molecular weight excluding hydrogens is 262 g/mol. The molecule has 2 N–H and O–H groups in total. The van der Waals surface area contributed by atoms with Crippen molar-refractivity contribution < 1.29 is 8.42 Å². The number of aryl methyl sites for hydroxylation is 1. The highest BCUT2D eigenvalue weighted by atomic mass is 32.2. The van der Waals surface area contributed by atoms with Crippen LogP contribution in [0.25, 0.3) is 0 Å². The predicted octanol–water partition coefficient (Wildman–Crippen LogP) is 1.35. The van der Waals surface area contributed by atoms with Gasteiger partial charge < -0.3 is 5.73 Å². The van der Waals surface area contributed by atoms with E-state index in [-0.39, 0.29) is 10.9 Å². The summed E-state index contributed by atoms with van der Waals surface area (Å²) in [7, 11) is -3.22. The number of hydrogen-bond donors (Lipinski definition) is 1. The van der Waals surface area contributed by atoms with E-state index in [2.05, 4.69) is 5.10 Å². The molecule has 1 atom stereocenters. The molecule has 0 radical (unpaired) electrons. The lowest BCUT2D eigenvalue weighted by Gasteiger charge is -2.11. The first kappa shape index (κ1) is 13.8. The van der Waals surface area contributed by atoms with Crippen LogP contribution in [0.1, 0.15) is 24.1 Å². The zero-order chi connectivity index (χ0) is 14.0. The van der Waals surface area contributed by atoms with Gasteiger partial charge in [-0.2, -0.15) is 5.10 Å². The second kappa shape index (κ2) is 5.14. The van der Waals surface area contributed by atoms with E-state index in [0.717, 1.165) is 17.7 Å². The molecule has 1 heterocycles. The summed E-state index contributed by atoms with van der Waals surface area (Å²) in [5.41, 5.74) is 7.78. The fraction of sp³-hybridized carbons (Fsp3) is 0.308. The minimum absolute atomic E-state index is 0.281. The number of aromatic nitrogens is 2. The quantitative estimate of drug-likeness (QED) is 0.916. The summed E-state index contributed by atoms with van der Waals surface area (Å²) >= 11 is 0. The highest BCUT2D eigenvalue weighted by molar-refractivity contribution is 7.90. The normalized spacial score (nSPS) is 13.4. The SMILES string of the molecule is CCn1cc(C(N)c2cccc(S(C)(=O)=O)c2)cn1. The van der Waals surface area contributed by atoms with Gasteiger partial charge in [0.2, 0.25) is 0 Å². The summed E-state index contributed by atoms with van der Waals surface area (Å²) < 4.78 is 24.9. The minimum atomic E-state index is -3.22. The Kier molecular flexibility index (Phi) is 3.73. The standard InChI is InChI=1S/C13H17N3O2S/c1-3-16-9-11(8-15-16)13(14)10-5-4-6-12(7-10)19(2,17)18/h4-9,13H,3,14H2,1-2H3. The fourth-order valence-electron chi connectivity index (χ4n) is 1.84. The number of rotatable bonds is 4. The molecule has 0 saturated carbocycles. The van der Waals surface area contributed by atoms with Gasteiger partial charge >= 0.3 is 0 Å².